The van der Waals surface area contributed by atoms with Crippen molar-refractivity contribution in [2.24, 2.45) is 0 Å². The summed E-state index contributed by atoms with van der Waals surface area (Å²) in [7, 11) is 0. The number of rotatable bonds is 2. The molecule has 0 bridgehead atoms. The normalized spacial score (nSPS) is 17.6. The van der Waals surface area contributed by atoms with E-state index in [-0.39, 0.29) is 11.2 Å². The van der Waals surface area contributed by atoms with Crippen LogP contribution in [0.1, 0.15) is 18.2 Å². The average Bonchev–Trinajstić information content (AvgIpc) is 2.48. The van der Waals surface area contributed by atoms with Gasteiger partial charge in [-0.3, -0.25) is 0 Å². The highest BCUT2D eigenvalue weighted by Crippen LogP contribution is 2.24. The predicted octanol–water partition coefficient (Wildman–Crippen LogP) is 3.79. The summed E-state index contributed by atoms with van der Waals surface area (Å²) in [6.45, 7) is 0. The van der Waals surface area contributed by atoms with Crippen molar-refractivity contribution in [2.75, 3.05) is 0 Å². The molecule has 0 N–H and O–H groups in total. The van der Waals surface area contributed by atoms with Crippen molar-refractivity contribution >= 4 is 11.6 Å². The van der Waals surface area contributed by atoms with Crippen molar-refractivity contribution < 1.29 is 0 Å². The molecule has 0 saturated carbocycles. The number of benzene rings is 1. The van der Waals surface area contributed by atoms with Gasteiger partial charge < -0.3 is 0 Å². The standard InChI is InChI=1S/C15H12ClN3/c16-15-18-13(11-7-3-1-4-8-11)17-14(19-15)12-9-5-2-6-10-12/h1-9,12H,10H2. The first kappa shape index (κ1) is 12.1. The Bertz CT molecular complexity index is 635. The molecule has 2 aromatic rings. The van der Waals surface area contributed by atoms with Crippen molar-refractivity contribution in [2.45, 2.75) is 12.3 Å². The Morgan fingerprint density at radius 2 is 1.84 bits per heavy atom. The van der Waals surface area contributed by atoms with E-state index in [1.165, 1.54) is 0 Å². The van der Waals surface area contributed by atoms with Gasteiger partial charge >= 0.3 is 0 Å². The second-order valence-electron chi connectivity index (χ2n) is 4.31. The molecule has 1 atom stereocenters. The summed E-state index contributed by atoms with van der Waals surface area (Å²) < 4.78 is 0. The average molecular weight is 270 g/mol. The van der Waals surface area contributed by atoms with Gasteiger partial charge in [0.05, 0.1) is 0 Å². The van der Waals surface area contributed by atoms with E-state index in [0.29, 0.717) is 5.82 Å². The summed E-state index contributed by atoms with van der Waals surface area (Å²) >= 11 is 6.01. The number of aromatic nitrogens is 3. The van der Waals surface area contributed by atoms with Crippen molar-refractivity contribution in [1.82, 2.24) is 15.0 Å². The molecule has 0 radical (unpaired) electrons. The fourth-order valence-electron chi connectivity index (χ4n) is 2.02. The smallest absolute Gasteiger partial charge is 0.212 e. The minimum Gasteiger partial charge on any atom is -0.212 e. The van der Waals surface area contributed by atoms with Crippen LogP contribution in [0.15, 0.2) is 54.6 Å². The SMILES string of the molecule is Clc1nc(-c2ccccc2)nc(C2C=CC=CC2)n1. The maximum atomic E-state index is 6.01. The zero-order valence-corrected chi connectivity index (χ0v) is 11.0. The molecule has 0 fully saturated rings. The van der Waals surface area contributed by atoms with Gasteiger partial charge in [-0.2, -0.15) is 4.98 Å². The van der Waals surface area contributed by atoms with Gasteiger partial charge in [-0.05, 0) is 18.0 Å². The third-order valence-corrected chi connectivity index (χ3v) is 3.14. The van der Waals surface area contributed by atoms with Crippen LogP contribution >= 0.6 is 11.6 Å². The van der Waals surface area contributed by atoms with Crippen LogP contribution in [0.2, 0.25) is 5.28 Å². The molecule has 19 heavy (non-hydrogen) atoms. The van der Waals surface area contributed by atoms with Crippen LogP contribution in [0.3, 0.4) is 0 Å². The van der Waals surface area contributed by atoms with E-state index >= 15 is 0 Å². The quantitative estimate of drug-likeness (QED) is 0.832. The molecular formula is C15H12ClN3. The van der Waals surface area contributed by atoms with E-state index in [9.17, 15) is 0 Å². The molecular weight excluding hydrogens is 258 g/mol. The van der Waals surface area contributed by atoms with Crippen molar-refractivity contribution in [3.05, 3.63) is 65.7 Å². The van der Waals surface area contributed by atoms with E-state index in [4.69, 9.17) is 11.6 Å². The molecule has 1 unspecified atom stereocenters. The highest BCUT2D eigenvalue weighted by molar-refractivity contribution is 6.28. The molecule has 94 valence electrons. The molecule has 3 nitrogen and oxygen atoms in total. The Hall–Kier alpha value is -2.00. The predicted molar refractivity (Wildman–Crippen MR) is 75.9 cm³/mol. The van der Waals surface area contributed by atoms with E-state index in [1.807, 2.05) is 42.5 Å². The summed E-state index contributed by atoms with van der Waals surface area (Å²) in [5.41, 5.74) is 0.948. The van der Waals surface area contributed by atoms with Crippen molar-refractivity contribution in [3.63, 3.8) is 0 Å². The van der Waals surface area contributed by atoms with Crippen LogP contribution < -0.4 is 0 Å². The van der Waals surface area contributed by atoms with E-state index in [0.717, 1.165) is 17.8 Å². The topological polar surface area (TPSA) is 38.7 Å². The van der Waals surface area contributed by atoms with Gasteiger partial charge in [0.25, 0.3) is 0 Å². The lowest BCUT2D eigenvalue weighted by Crippen LogP contribution is -2.06. The van der Waals surface area contributed by atoms with Crippen LogP contribution in [0, 0.1) is 0 Å². The highest BCUT2D eigenvalue weighted by Gasteiger charge is 2.15. The summed E-state index contributed by atoms with van der Waals surface area (Å²) in [6.07, 6.45) is 9.11. The molecule has 1 aromatic carbocycles. The van der Waals surface area contributed by atoms with Crippen LogP contribution in [0.4, 0.5) is 0 Å². The van der Waals surface area contributed by atoms with Gasteiger partial charge in [-0.25, -0.2) is 9.97 Å². The number of allylic oxidation sites excluding steroid dienone is 4. The van der Waals surface area contributed by atoms with Gasteiger partial charge in [0.1, 0.15) is 5.82 Å². The third-order valence-electron chi connectivity index (χ3n) is 2.97. The number of nitrogens with zero attached hydrogens (tertiary/aromatic N) is 3. The third kappa shape index (κ3) is 2.71. The first-order valence-electron chi connectivity index (χ1n) is 6.13. The number of hydrogen-bond donors (Lipinski definition) is 0. The van der Waals surface area contributed by atoms with E-state index in [2.05, 4.69) is 27.1 Å². The Morgan fingerprint density at radius 3 is 2.58 bits per heavy atom. The minimum atomic E-state index is 0.174. The molecule has 0 saturated heterocycles. The molecule has 1 aromatic heterocycles. The zero-order valence-electron chi connectivity index (χ0n) is 10.2. The number of hydrogen-bond acceptors (Lipinski definition) is 3. The largest absolute Gasteiger partial charge is 0.226 e. The Kier molecular flexibility index (Phi) is 3.38. The molecule has 4 heteroatoms. The Morgan fingerprint density at radius 1 is 1.00 bits per heavy atom. The van der Waals surface area contributed by atoms with Gasteiger partial charge in [0.15, 0.2) is 5.82 Å². The molecule has 3 rings (SSSR count). The molecule has 0 spiro atoms. The van der Waals surface area contributed by atoms with Crippen LogP contribution in [-0.2, 0) is 0 Å². The molecule has 0 amide bonds. The van der Waals surface area contributed by atoms with Crippen molar-refractivity contribution in [1.29, 1.82) is 0 Å². The Labute approximate surface area is 116 Å². The first-order valence-corrected chi connectivity index (χ1v) is 6.51. The number of halogens is 1. The monoisotopic (exact) mass is 269 g/mol. The first-order chi connectivity index (χ1) is 9.33. The van der Waals surface area contributed by atoms with Crippen LogP contribution in [0.25, 0.3) is 11.4 Å². The summed E-state index contributed by atoms with van der Waals surface area (Å²) in [5.74, 6) is 1.52. The Balaban J connectivity index is 2.01. The van der Waals surface area contributed by atoms with Gasteiger partial charge in [0, 0.05) is 11.5 Å². The van der Waals surface area contributed by atoms with Crippen LogP contribution in [-0.4, -0.2) is 15.0 Å². The molecule has 1 aliphatic carbocycles. The van der Waals surface area contributed by atoms with Crippen molar-refractivity contribution in [3.8, 4) is 11.4 Å². The second kappa shape index (κ2) is 5.33. The zero-order chi connectivity index (χ0) is 13.1. The second-order valence-corrected chi connectivity index (χ2v) is 4.65. The maximum Gasteiger partial charge on any atom is 0.226 e. The van der Waals surface area contributed by atoms with Gasteiger partial charge in [-0.1, -0.05) is 54.6 Å². The minimum absolute atomic E-state index is 0.174. The summed E-state index contributed by atoms with van der Waals surface area (Å²) in [5, 5.41) is 0.242. The fraction of sp³-hybridized carbons (Fsp3) is 0.133. The molecule has 1 heterocycles. The lowest BCUT2D eigenvalue weighted by atomic mass is 10.0. The lowest BCUT2D eigenvalue weighted by Gasteiger charge is -2.12. The van der Waals surface area contributed by atoms with Crippen LogP contribution in [0.5, 0.6) is 0 Å². The lowest BCUT2D eigenvalue weighted by molar-refractivity contribution is 0.761. The summed E-state index contributed by atoms with van der Waals surface area (Å²) in [4.78, 5) is 13.0. The van der Waals surface area contributed by atoms with E-state index < -0.39 is 0 Å². The summed E-state index contributed by atoms with van der Waals surface area (Å²) in [6, 6.07) is 9.80. The van der Waals surface area contributed by atoms with E-state index in [1.54, 1.807) is 0 Å². The highest BCUT2D eigenvalue weighted by atomic mass is 35.5. The maximum absolute atomic E-state index is 6.01. The fourth-order valence-corrected chi connectivity index (χ4v) is 2.19. The molecule has 0 aliphatic heterocycles. The van der Waals surface area contributed by atoms with Gasteiger partial charge in [-0.15, -0.1) is 0 Å². The molecule has 1 aliphatic rings. The van der Waals surface area contributed by atoms with Gasteiger partial charge in [0.2, 0.25) is 5.28 Å².